The normalized spacial score (nSPS) is 16.2. The van der Waals surface area contributed by atoms with E-state index in [1.54, 1.807) is 12.1 Å². The van der Waals surface area contributed by atoms with Crippen molar-refractivity contribution in [3.63, 3.8) is 0 Å². The van der Waals surface area contributed by atoms with Crippen LogP contribution >= 0.6 is 0 Å². The van der Waals surface area contributed by atoms with Gasteiger partial charge >= 0.3 is 6.18 Å². The lowest BCUT2D eigenvalue weighted by atomic mass is 10.1. The van der Waals surface area contributed by atoms with Crippen molar-refractivity contribution in [1.82, 2.24) is 9.78 Å². The van der Waals surface area contributed by atoms with Gasteiger partial charge in [0.15, 0.2) is 0 Å². The number of fused-ring (bicyclic) bond motifs is 1. The number of methoxy groups -OCH3 is 1. The Balaban J connectivity index is 1.66. The molecule has 0 spiro atoms. The van der Waals surface area contributed by atoms with E-state index in [4.69, 9.17) is 19.3 Å². The molecule has 1 aromatic heterocycles. The third-order valence-electron chi connectivity index (χ3n) is 5.41. The lowest BCUT2D eigenvalue weighted by molar-refractivity contribution is -0.138. The largest absolute Gasteiger partial charge is 0.496 e. The Hall–Kier alpha value is -3.09. The van der Waals surface area contributed by atoms with Crippen molar-refractivity contribution in [2.45, 2.75) is 43.7 Å². The molecule has 0 aliphatic carbocycles. The van der Waals surface area contributed by atoms with Crippen LogP contribution in [0.4, 0.5) is 13.2 Å². The SMILES string of the molecule is COc1cc(-n2nc(OCc3ccc(S(N)(=O)=O)cc3)c3c2C[C@@H](C)OC3)ccc1C(F)(F)F. The molecule has 2 aromatic carbocycles. The van der Waals surface area contributed by atoms with Crippen molar-refractivity contribution < 1.29 is 35.8 Å². The first-order chi connectivity index (χ1) is 16.0. The van der Waals surface area contributed by atoms with Gasteiger partial charge in [-0.1, -0.05) is 12.1 Å². The molecular formula is C22H22F3N3O5S. The maximum atomic E-state index is 13.3. The minimum Gasteiger partial charge on any atom is -0.496 e. The van der Waals surface area contributed by atoms with E-state index in [2.05, 4.69) is 5.10 Å². The minimum absolute atomic E-state index is 0.0171. The molecule has 0 fully saturated rings. The molecule has 1 aliphatic rings. The third kappa shape index (κ3) is 4.88. The van der Waals surface area contributed by atoms with Crippen LogP contribution in [-0.4, -0.2) is 31.4 Å². The Morgan fingerprint density at radius 2 is 1.91 bits per heavy atom. The minimum atomic E-state index is -4.55. The third-order valence-corrected chi connectivity index (χ3v) is 6.34. The summed E-state index contributed by atoms with van der Waals surface area (Å²) >= 11 is 0. The lowest BCUT2D eigenvalue weighted by Gasteiger charge is -2.21. The van der Waals surface area contributed by atoms with Gasteiger partial charge in [0.1, 0.15) is 12.4 Å². The molecule has 2 heterocycles. The van der Waals surface area contributed by atoms with Crippen LogP contribution in [0.15, 0.2) is 47.4 Å². The number of alkyl halides is 3. The zero-order valence-electron chi connectivity index (χ0n) is 18.3. The zero-order valence-corrected chi connectivity index (χ0v) is 19.1. The maximum Gasteiger partial charge on any atom is 0.419 e. The molecule has 12 heteroatoms. The van der Waals surface area contributed by atoms with Crippen LogP contribution in [0.2, 0.25) is 0 Å². The number of benzene rings is 2. The number of primary sulfonamides is 1. The van der Waals surface area contributed by atoms with Crippen molar-refractivity contribution in [3.05, 3.63) is 64.8 Å². The molecule has 8 nitrogen and oxygen atoms in total. The standard InChI is InChI=1S/C22H22F3N3O5S/c1-13-9-19-17(12-32-13)21(33-11-14-3-6-16(7-4-14)34(26,29)30)27-28(19)15-5-8-18(22(23,24)25)20(10-15)31-2/h3-8,10,13H,9,11-12H2,1-2H3,(H2,26,29,30)/t13-/m1/s1. The summed E-state index contributed by atoms with van der Waals surface area (Å²) in [5.41, 5.74) is 1.65. The lowest BCUT2D eigenvalue weighted by Crippen LogP contribution is -2.21. The topological polar surface area (TPSA) is 106 Å². The number of sulfonamides is 1. The summed E-state index contributed by atoms with van der Waals surface area (Å²) in [5, 5.41) is 9.61. The van der Waals surface area contributed by atoms with Crippen molar-refractivity contribution in [1.29, 1.82) is 0 Å². The molecule has 0 radical (unpaired) electrons. The number of hydrogen-bond donors (Lipinski definition) is 1. The number of rotatable bonds is 6. The molecule has 182 valence electrons. The predicted octanol–water partition coefficient (Wildman–Crippen LogP) is 3.59. The monoisotopic (exact) mass is 497 g/mol. The number of nitrogens with two attached hydrogens (primary N) is 1. The first-order valence-corrected chi connectivity index (χ1v) is 11.7. The van der Waals surface area contributed by atoms with Crippen molar-refractivity contribution in [2.24, 2.45) is 5.14 Å². The zero-order chi connectivity index (χ0) is 24.7. The number of ether oxygens (including phenoxy) is 3. The Morgan fingerprint density at radius 3 is 2.53 bits per heavy atom. The van der Waals surface area contributed by atoms with Crippen LogP contribution in [0.1, 0.15) is 29.3 Å². The fourth-order valence-corrected chi connectivity index (χ4v) is 4.19. The highest BCUT2D eigenvalue weighted by Crippen LogP contribution is 2.38. The molecule has 0 amide bonds. The Bertz CT molecular complexity index is 1300. The average molecular weight is 497 g/mol. The highest BCUT2D eigenvalue weighted by molar-refractivity contribution is 7.89. The van der Waals surface area contributed by atoms with Gasteiger partial charge in [0.25, 0.3) is 0 Å². The van der Waals surface area contributed by atoms with E-state index in [0.717, 1.165) is 11.8 Å². The van der Waals surface area contributed by atoms with E-state index in [-0.39, 0.29) is 35.8 Å². The van der Waals surface area contributed by atoms with E-state index in [1.165, 1.54) is 36.1 Å². The summed E-state index contributed by atoms with van der Waals surface area (Å²) in [6, 6.07) is 9.47. The Labute approximate surface area is 194 Å². The first-order valence-electron chi connectivity index (χ1n) is 10.2. The van der Waals surface area contributed by atoms with Crippen LogP contribution in [0.25, 0.3) is 5.69 Å². The van der Waals surface area contributed by atoms with Crippen LogP contribution in [0.5, 0.6) is 11.6 Å². The van der Waals surface area contributed by atoms with Crippen LogP contribution in [-0.2, 0) is 40.6 Å². The van der Waals surface area contributed by atoms with E-state index in [0.29, 0.717) is 23.2 Å². The summed E-state index contributed by atoms with van der Waals surface area (Å²) in [6.45, 7) is 2.20. The Morgan fingerprint density at radius 1 is 1.21 bits per heavy atom. The molecule has 0 bridgehead atoms. The number of halogens is 3. The molecule has 3 aromatic rings. The van der Waals surface area contributed by atoms with Crippen LogP contribution in [0, 0.1) is 0 Å². The van der Waals surface area contributed by atoms with Gasteiger partial charge in [0.2, 0.25) is 15.9 Å². The van der Waals surface area contributed by atoms with Gasteiger partial charge in [-0.05, 0) is 36.8 Å². The van der Waals surface area contributed by atoms with Gasteiger partial charge in [-0.15, -0.1) is 5.10 Å². The van der Waals surface area contributed by atoms with E-state index in [1.807, 2.05) is 6.92 Å². The molecule has 0 saturated heterocycles. The molecule has 4 rings (SSSR count). The smallest absolute Gasteiger partial charge is 0.419 e. The summed E-state index contributed by atoms with van der Waals surface area (Å²) in [4.78, 5) is -0.0171. The second-order valence-corrected chi connectivity index (χ2v) is 9.39. The van der Waals surface area contributed by atoms with E-state index in [9.17, 15) is 21.6 Å². The fourth-order valence-electron chi connectivity index (χ4n) is 3.68. The molecular weight excluding hydrogens is 475 g/mol. The van der Waals surface area contributed by atoms with Crippen LogP contribution < -0.4 is 14.6 Å². The van der Waals surface area contributed by atoms with Gasteiger partial charge in [-0.3, -0.25) is 0 Å². The molecule has 1 atom stereocenters. The quantitative estimate of drug-likeness (QED) is 0.558. The van der Waals surface area contributed by atoms with Crippen molar-refractivity contribution in [3.8, 4) is 17.3 Å². The van der Waals surface area contributed by atoms with E-state index >= 15 is 0 Å². The molecule has 1 aliphatic heterocycles. The second-order valence-electron chi connectivity index (χ2n) is 7.83. The second kappa shape index (κ2) is 8.93. The van der Waals surface area contributed by atoms with Gasteiger partial charge in [0, 0.05) is 12.5 Å². The highest BCUT2D eigenvalue weighted by atomic mass is 32.2. The van der Waals surface area contributed by atoms with E-state index < -0.39 is 21.8 Å². The van der Waals surface area contributed by atoms with Gasteiger partial charge in [-0.25, -0.2) is 18.2 Å². The summed E-state index contributed by atoms with van der Waals surface area (Å²) in [5.74, 6) is -0.0388. The van der Waals surface area contributed by atoms with Crippen molar-refractivity contribution >= 4 is 10.0 Å². The summed E-state index contributed by atoms with van der Waals surface area (Å²) in [6.07, 6.45) is -4.18. The summed E-state index contributed by atoms with van der Waals surface area (Å²) in [7, 11) is -2.62. The Kier molecular flexibility index (Phi) is 6.32. The number of nitrogens with zero attached hydrogens (tertiary/aromatic N) is 2. The summed E-state index contributed by atoms with van der Waals surface area (Å²) < 4.78 is 80.8. The average Bonchev–Trinajstić information content (AvgIpc) is 3.14. The van der Waals surface area contributed by atoms with Crippen LogP contribution in [0.3, 0.4) is 0 Å². The molecule has 0 saturated carbocycles. The molecule has 2 N–H and O–H groups in total. The number of hydrogen-bond acceptors (Lipinski definition) is 6. The maximum absolute atomic E-state index is 13.3. The first kappa shape index (κ1) is 24.0. The van der Waals surface area contributed by atoms with Gasteiger partial charge in [-0.2, -0.15) is 13.2 Å². The predicted molar refractivity (Wildman–Crippen MR) is 115 cm³/mol. The fraction of sp³-hybridized carbons (Fsp3) is 0.318. The molecule has 0 unspecified atom stereocenters. The highest BCUT2D eigenvalue weighted by Gasteiger charge is 2.35. The van der Waals surface area contributed by atoms with Gasteiger partial charge in [0.05, 0.1) is 47.2 Å². The van der Waals surface area contributed by atoms with Crippen molar-refractivity contribution in [2.75, 3.05) is 7.11 Å². The van der Waals surface area contributed by atoms with Gasteiger partial charge < -0.3 is 14.2 Å². The number of aromatic nitrogens is 2. The molecule has 34 heavy (non-hydrogen) atoms.